The van der Waals surface area contributed by atoms with E-state index in [1.807, 2.05) is 12.2 Å². The average Bonchev–Trinajstić information content (AvgIpc) is 2.05. The van der Waals surface area contributed by atoms with Gasteiger partial charge >= 0.3 is 5.97 Å². The van der Waals surface area contributed by atoms with Crippen LogP contribution >= 0.6 is 0 Å². The van der Waals surface area contributed by atoms with Crippen LogP contribution < -0.4 is 0 Å². The molecule has 0 fully saturated rings. The van der Waals surface area contributed by atoms with E-state index in [2.05, 4.69) is 0 Å². The van der Waals surface area contributed by atoms with Crippen LogP contribution in [-0.4, -0.2) is 22.3 Å². The number of carbonyl (C=O) groups is 1. The first-order valence-corrected chi connectivity index (χ1v) is 3.77. The molecule has 0 aromatic carbocycles. The molecule has 0 aromatic rings. The molecule has 0 aliphatic heterocycles. The molecule has 0 bridgehead atoms. The molecule has 0 spiro atoms. The largest absolute Gasteiger partial charge is 0.479 e. The second kappa shape index (κ2) is 3.53. The molecule has 1 rings (SSSR count). The lowest BCUT2D eigenvalue weighted by Crippen LogP contribution is -2.29. The van der Waals surface area contributed by atoms with Gasteiger partial charge in [-0.1, -0.05) is 12.2 Å². The molecular weight excluding hydrogens is 144 g/mol. The number of carboxylic acid groups (broad SMARTS) is 1. The maximum Gasteiger partial charge on any atom is 0.332 e. The van der Waals surface area contributed by atoms with Gasteiger partial charge < -0.3 is 10.2 Å². The van der Waals surface area contributed by atoms with Crippen LogP contribution in [0, 0.1) is 5.92 Å². The summed E-state index contributed by atoms with van der Waals surface area (Å²) in [5.41, 5.74) is 0. The first-order valence-electron chi connectivity index (χ1n) is 3.77. The molecule has 0 amide bonds. The van der Waals surface area contributed by atoms with Crippen molar-refractivity contribution in [1.29, 1.82) is 0 Å². The smallest absolute Gasteiger partial charge is 0.332 e. The molecule has 0 aromatic heterocycles. The van der Waals surface area contributed by atoms with Gasteiger partial charge in [0.2, 0.25) is 0 Å². The molecule has 2 N–H and O–H groups in total. The summed E-state index contributed by atoms with van der Waals surface area (Å²) in [6.45, 7) is 0. The summed E-state index contributed by atoms with van der Waals surface area (Å²) in [4.78, 5) is 10.3. The van der Waals surface area contributed by atoms with E-state index in [0.717, 1.165) is 12.8 Å². The van der Waals surface area contributed by atoms with E-state index in [4.69, 9.17) is 10.2 Å². The lowest BCUT2D eigenvalue weighted by molar-refractivity contribution is -0.149. The van der Waals surface area contributed by atoms with Crippen molar-refractivity contribution in [3.8, 4) is 0 Å². The SMILES string of the molecule is O=C(O)C(O)C1CC=CCC1. The normalized spacial score (nSPS) is 26.5. The molecule has 0 saturated carbocycles. The van der Waals surface area contributed by atoms with Gasteiger partial charge in [0.15, 0.2) is 6.10 Å². The zero-order chi connectivity index (χ0) is 8.27. The Hall–Kier alpha value is -0.830. The van der Waals surface area contributed by atoms with Crippen molar-refractivity contribution in [1.82, 2.24) is 0 Å². The number of aliphatic hydroxyl groups excluding tert-OH is 1. The number of aliphatic carboxylic acids is 1. The zero-order valence-electron chi connectivity index (χ0n) is 6.23. The van der Waals surface area contributed by atoms with E-state index < -0.39 is 12.1 Å². The second-order valence-corrected chi connectivity index (χ2v) is 2.83. The minimum absolute atomic E-state index is 0.0856. The molecular formula is C8H12O3. The van der Waals surface area contributed by atoms with Gasteiger partial charge in [-0.3, -0.25) is 0 Å². The number of hydrogen-bond acceptors (Lipinski definition) is 2. The maximum absolute atomic E-state index is 10.3. The summed E-state index contributed by atoms with van der Waals surface area (Å²) < 4.78 is 0. The standard InChI is InChI=1S/C8H12O3/c9-7(8(10)11)6-4-2-1-3-5-6/h1-2,6-7,9H,3-5H2,(H,10,11). The van der Waals surface area contributed by atoms with Crippen molar-refractivity contribution in [2.24, 2.45) is 5.92 Å². The average molecular weight is 156 g/mol. The number of hydrogen-bond donors (Lipinski definition) is 2. The van der Waals surface area contributed by atoms with Gasteiger partial charge in [0.05, 0.1) is 0 Å². The molecule has 2 atom stereocenters. The molecule has 2 unspecified atom stereocenters. The highest BCUT2D eigenvalue weighted by molar-refractivity contribution is 5.72. The Kier molecular flexibility index (Phi) is 2.65. The van der Waals surface area contributed by atoms with Crippen LogP contribution in [0.1, 0.15) is 19.3 Å². The number of aliphatic hydroxyl groups is 1. The Morgan fingerprint density at radius 3 is 2.73 bits per heavy atom. The van der Waals surface area contributed by atoms with Gasteiger partial charge in [0.25, 0.3) is 0 Å². The summed E-state index contributed by atoms with van der Waals surface area (Å²) in [6.07, 6.45) is 5.12. The number of carboxylic acids is 1. The molecule has 0 saturated heterocycles. The van der Waals surface area contributed by atoms with Crippen molar-refractivity contribution >= 4 is 5.97 Å². The summed E-state index contributed by atoms with van der Waals surface area (Å²) in [7, 11) is 0. The van der Waals surface area contributed by atoms with Crippen LogP contribution in [0.25, 0.3) is 0 Å². The van der Waals surface area contributed by atoms with Gasteiger partial charge in [-0.05, 0) is 25.2 Å². The molecule has 11 heavy (non-hydrogen) atoms. The fraction of sp³-hybridized carbons (Fsp3) is 0.625. The van der Waals surface area contributed by atoms with Crippen molar-refractivity contribution in [3.63, 3.8) is 0 Å². The van der Waals surface area contributed by atoms with Crippen LogP contribution in [-0.2, 0) is 4.79 Å². The predicted molar refractivity (Wildman–Crippen MR) is 40.1 cm³/mol. The first-order chi connectivity index (χ1) is 5.22. The highest BCUT2D eigenvalue weighted by Gasteiger charge is 2.24. The number of allylic oxidation sites excluding steroid dienone is 2. The Labute approximate surface area is 65.3 Å². The van der Waals surface area contributed by atoms with E-state index >= 15 is 0 Å². The van der Waals surface area contributed by atoms with Gasteiger partial charge in [0, 0.05) is 0 Å². The van der Waals surface area contributed by atoms with Crippen molar-refractivity contribution in [2.75, 3.05) is 0 Å². The lowest BCUT2D eigenvalue weighted by Gasteiger charge is -2.19. The van der Waals surface area contributed by atoms with Gasteiger partial charge in [-0.15, -0.1) is 0 Å². The van der Waals surface area contributed by atoms with E-state index in [0.29, 0.717) is 6.42 Å². The minimum Gasteiger partial charge on any atom is -0.479 e. The Balaban J connectivity index is 2.46. The van der Waals surface area contributed by atoms with E-state index in [1.165, 1.54) is 0 Å². The van der Waals surface area contributed by atoms with Crippen LogP contribution in [0.15, 0.2) is 12.2 Å². The van der Waals surface area contributed by atoms with Gasteiger partial charge in [0.1, 0.15) is 0 Å². The van der Waals surface area contributed by atoms with Gasteiger partial charge in [-0.25, -0.2) is 4.79 Å². The molecule has 62 valence electrons. The summed E-state index contributed by atoms with van der Waals surface area (Å²) in [5, 5.41) is 17.6. The van der Waals surface area contributed by atoms with E-state index in [9.17, 15) is 4.79 Å². The Morgan fingerprint density at radius 1 is 1.55 bits per heavy atom. The van der Waals surface area contributed by atoms with E-state index in [-0.39, 0.29) is 5.92 Å². The third-order valence-corrected chi connectivity index (χ3v) is 2.01. The van der Waals surface area contributed by atoms with E-state index in [1.54, 1.807) is 0 Å². The van der Waals surface area contributed by atoms with Crippen molar-refractivity contribution < 1.29 is 15.0 Å². The fourth-order valence-electron chi connectivity index (χ4n) is 1.31. The highest BCUT2D eigenvalue weighted by Crippen LogP contribution is 2.21. The van der Waals surface area contributed by atoms with Crippen molar-refractivity contribution in [3.05, 3.63) is 12.2 Å². The molecule has 1 aliphatic carbocycles. The van der Waals surface area contributed by atoms with Crippen LogP contribution in [0.3, 0.4) is 0 Å². The Morgan fingerprint density at radius 2 is 2.27 bits per heavy atom. The topological polar surface area (TPSA) is 57.5 Å². The second-order valence-electron chi connectivity index (χ2n) is 2.83. The summed E-state index contributed by atoms with van der Waals surface area (Å²) in [6, 6.07) is 0. The molecule has 0 heterocycles. The van der Waals surface area contributed by atoms with Crippen LogP contribution in [0.4, 0.5) is 0 Å². The maximum atomic E-state index is 10.3. The fourth-order valence-corrected chi connectivity index (χ4v) is 1.31. The quantitative estimate of drug-likeness (QED) is 0.581. The third-order valence-electron chi connectivity index (χ3n) is 2.01. The van der Waals surface area contributed by atoms with Crippen LogP contribution in [0.5, 0.6) is 0 Å². The highest BCUT2D eigenvalue weighted by atomic mass is 16.4. The van der Waals surface area contributed by atoms with Crippen LogP contribution in [0.2, 0.25) is 0 Å². The minimum atomic E-state index is -1.18. The first kappa shape index (κ1) is 8.27. The lowest BCUT2D eigenvalue weighted by atomic mass is 9.89. The summed E-state index contributed by atoms with van der Waals surface area (Å²) >= 11 is 0. The monoisotopic (exact) mass is 156 g/mol. The molecule has 3 nitrogen and oxygen atoms in total. The summed E-state index contributed by atoms with van der Waals surface area (Å²) in [5.74, 6) is -1.19. The van der Waals surface area contributed by atoms with Crippen molar-refractivity contribution in [2.45, 2.75) is 25.4 Å². The molecule has 0 radical (unpaired) electrons. The number of rotatable bonds is 2. The predicted octanol–water partition coefficient (Wildman–Crippen LogP) is 0.788. The third kappa shape index (κ3) is 2.05. The molecule has 3 heteroatoms. The Bertz CT molecular complexity index is 174. The molecule has 1 aliphatic rings. The van der Waals surface area contributed by atoms with Gasteiger partial charge in [-0.2, -0.15) is 0 Å². The zero-order valence-corrected chi connectivity index (χ0v) is 6.23.